The topological polar surface area (TPSA) is 98.8 Å². The third kappa shape index (κ3) is 3.47. The number of nitrogens with zero attached hydrogens (tertiary/aromatic N) is 2. The zero-order chi connectivity index (χ0) is 20.6. The molecule has 2 N–H and O–H groups in total. The van der Waals surface area contributed by atoms with E-state index >= 15 is 0 Å². The van der Waals surface area contributed by atoms with Crippen LogP contribution >= 0.6 is 0 Å². The monoisotopic (exact) mass is 398 g/mol. The van der Waals surface area contributed by atoms with Gasteiger partial charge < -0.3 is 15.5 Å². The molecular weight excluding hydrogens is 372 g/mol. The Hall–Kier alpha value is -2.90. The number of benzene rings is 1. The summed E-state index contributed by atoms with van der Waals surface area (Å²) in [5.41, 5.74) is 0.491. The molecule has 1 saturated carbocycles. The normalized spacial score (nSPS) is 26.9. The van der Waals surface area contributed by atoms with Gasteiger partial charge >= 0.3 is 6.03 Å². The van der Waals surface area contributed by atoms with Gasteiger partial charge in [0, 0.05) is 24.3 Å². The number of anilines is 2. The average Bonchev–Trinajstić information content (AvgIpc) is 3.22. The van der Waals surface area contributed by atoms with Crippen LogP contribution in [0.1, 0.15) is 45.4 Å². The Balaban J connectivity index is 1.39. The molecule has 0 radical (unpaired) electrons. The Morgan fingerprint density at radius 2 is 1.93 bits per heavy atom. The van der Waals surface area contributed by atoms with Gasteiger partial charge in [-0.3, -0.25) is 19.3 Å². The predicted octanol–water partition coefficient (Wildman–Crippen LogP) is 2.25. The lowest BCUT2D eigenvalue weighted by Gasteiger charge is -2.36. The summed E-state index contributed by atoms with van der Waals surface area (Å²) >= 11 is 0. The third-order valence-electron chi connectivity index (χ3n) is 6.34. The van der Waals surface area contributed by atoms with Gasteiger partial charge in [0.05, 0.1) is 0 Å². The summed E-state index contributed by atoms with van der Waals surface area (Å²) in [7, 11) is 0. The summed E-state index contributed by atoms with van der Waals surface area (Å²) < 4.78 is 0. The molecule has 8 nitrogen and oxygen atoms in total. The first-order valence-electron chi connectivity index (χ1n) is 10.2. The minimum atomic E-state index is -0.862. The standard InChI is InChI=1S/C21H26N4O4/c1-14-5-2-3-11-21(14)19(28)25(20(29)23-21)13-17(26)22-15-7-9-16(10-8-15)24-12-4-6-18(24)27/h7-10,14H,2-6,11-13H2,1H3,(H,22,26)(H,23,29)/t14-,21-/m1/s1. The van der Waals surface area contributed by atoms with E-state index in [2.05, 4.69) is 10.6 Å². The first-order valence-corrected chi connectivity index (χ1v) is 10.2. The number of amides is 5. The van der Waals surface area contributed by atoms with E-state index in [-0.39, 0.29) is 24.3 Å². The van der Waals surface area contributed by atoms with Crippen LogP contribution in [0.25, 0.3) is 0 Å². The van der Waals surface area contributed by atoms with Crippen LogP contribution < -0.4 is 15.5 Å². The molecule has 2 atom stereocenters. The van der Waals surface area contributed by atoms with Crippen molar-refractivity contribution >= 4 is 35.1 Å². The molecule has 1 spiro atoms. The quantitative estimate of drug-likeness (QED) is 0.760. The summed E-state index contributed by atoms with van der Waals surface area (Å²) in [5.74, 6) is -0.570. The highest BCUT2D eigenvalue weighted by Crippen LogP contribution is 2.38. The van der Waals surface area contributed by atoms with E-state index in [1.54, 1.807) is 29.2 Å². The number of carbonyl (C=O) groups excluding carboxylic acids is 4. The minimum Gasteiger partial charge on any atom is -0.325 e. The van der Waals surface area contributed by atoms with Crippen LogP contribution in [-0.2, 0) is 14.4 Å². The zero-order valence-corrected chi connectivity index (χ0v) is 16.6. The number of imide groups is 1. The predicted molar refractivity (Wildman–Crippen MR) is 107 cm³/mol. The Bertz CT molecular complexity index is 853. The van der Waals surface area contributed by atoms with Crippen molar-refractivity contribution in [3.8, 4) is 0 Å². The van der Waals surface area contributed by atoms with Crippen LogP contribution in [0.4, 0.5) is 16.2 Å². The minimum absolute atomic E-state index is 0.0570. The van der Waals surface area contributed by atoms with Crippen LogP contribution in [0.3, 0.4) is 0 Å². The molecule has 1 aromatic carbocycles. The summed E-state index contributed by atoms with van der Waals surface area (Å²) in [4.78, 5) is 52.4. The largest absolute Gasteiger partial charge is 0.325 e. The van der Waals surface area contributed by atoms with E-state index in [1.807, 2.05) is 6.92 Å². The Morgan fingerprint density at radius 1 is 1.17 bits per heavy atom. The number of hydrogen-bond acceptors (Lipinski definition) is 4. The van der Waals surface area contributed by atoms with Gasteiger partial charge in [-0.1, -0.05) is 19.8 Å². The molecule has 1 aliphatic carbocycles. The van der Waals surface area contributed by atoms with Gasteiger partial charge in [0.2, 0.25) is 11.8 Å². The molecular formula is C21H26N4O4. The second-order valence-corrected chi connectivity index (χ2v) is 8.18. The molecule has 3 aliphatic rings. The fraction of sp³-hybridized carbons (Fsp3) is 0.524. The Kier molecular flexibility index (Phi) is 5.02. The van der Waals surface area contributed by atoms with Crippen molar-refractivity contribution in [2.24, 2.45) is 5.92 Å². The first kappa shape index (κ1) is 19.4. The lowest BCUT2D eigenvalue weighted by atomic mass is 9.73. The van der Waals surface area contributed by atoms with E-state index in [9.17, 15) is 19.2 Å². The summed E-state index contributed by atoms with van der Waals surface area (Å²) in [6.07, 6.45) is 4.85. The molecule has 0 bridgehead atoms. The van der Waals surface area contributed by atoms with E-state index in [0.717, 1.165) is 36.3 Å². The van der Waals surface area contributed by atoms with Crippen molar-refractivity contribution in [3.05, 3.63) is 24.3 Å². The highest BCUT2D eigenvalue weighted by atomic mass is 16.2. The van der Waals surface area contributed by atoms with Crippen molar-refractivity contribution in [1.29, 1.82) is 0 Å². The second-order valence-electron chi connectivity index (χ2n) is 8.18. The summed E-state index contributed by atoms with van der Waals surface area (Å²) in [6.45, 7) is 2.37. The second kappa shape index (κ2) is 7.50. The molecule has 3 fully saturated rings. The van der Waals surface area contributed by atoms with Crippen LogP contribution in [0, 0.1) is 5.92 Å². The molecule has 4 rings (SSSR count). The molecule has 5 amide bonds. The maximum Gasteiger partial charge on any atom is 0.325 e. The summed E-state index contributed by atoms with van der Waals surface area (Å²) in [6, 6.07) is 6.50. The van der Waals surface area contributed by atoms with E-state index in [0.29, 0.717) is 25.1 Å². The zero-order valence-electron chi connectivity index (χ0n) is 16.6. The molecule has 0 unspecified atom stereocenters. The fourth-order valence-electron chi connectivity index (χ4n) is 4.63. The van der Waals surface area contributed by atoms with Gasteiger partial charge in [0.25, 0.3) is 5.91 Å². The van der Waals surface area contributed by atoms with Crippen LogP contribution in [-0.4, -0.2) is 47.3 Å². The maximum absolute atomic E-state index is 12.9. The van der Waals surface area contributed by atoms with Crippen LogP contribution in [0.15, 0.2) is 24.3 Å². The maximum atomic E-state index is 12.9. The van der Waals surface area contributed by atoms with Crippen LogP contribution in [0.5, 0.6) is 0 Å². The van der Waals surface area contributed by atoms with Gasteiger partial charge in [0.1, 0.15) is 12.1 Å². The van der Waals surface area contributed by atoms with Crippen molar-refractivity contribution < 1.29 is 19.2 Å². The molecule has 2 aliphatic heterocycles. The number of hydrogen-bond donors (Lipinski definition) is 2. The van der Waals surface area contributed by atoms with E-state index in [4.69, 9.17) is 0 Å². The lowest BCUT2D eigenvalue weighted by molar-refractivity contribution is -0.136. The first-order chi connectivity index (χ1) is 13.9. The number of carbonyl (C=O) groups is 4. The third-order valence-corrected chi connectivity index (χ3v) is 6.34. The van der Waals surface area contributed by atoms with Gasteiger partial charge in [0.15, 0.2) is 0 Å². The van der Waals surface area contributed by atoms with Gasteiger partial charge in [-0.25, -0.2) is 4.79 Å². The van der Waals surface area contributed by atoms with E-state index < -0.39 is 17.5 Å². The van der Waals surface area contributed by atoms with Crippen molar-refractivity contribution in [1.82, 2.24) is 10.2 Å². The Morgan fingerprint density at radius 3 is 2.59 bits per heavy atom. The average molecular weight is 398 g/mol. The summed E-state index contributed by atoms with van der Waals surface area (Å²) in [5, 5.41) is 5.58. The highest BCUT2D eigenvalue weighted by Gasteiger charge is 2.55. The smallest absolute Gasteiger partial charge is 0.325 e. The SMILES string of the molecule is C[C@@H]1CCCC[C@@]12NC(=O)N(CC(=O)Nc1ccc(N3CCCC3=O)cc1)C2=O. The number of rotatable bonds is 4. The van der Waals surface area contributed by atoms with Crippen molar-refractivity contribution in [3.63, 3.8) is 0 Å². The van der Waals surface area contributed by atoms with E-state index in [1.165, 1.54) is 0 Å². The molecule has 29 heavy (non-hydrogen) atoms. The molecule has 2 heterocycles. The van der Waals surface area contributed by atoms with Crippen molar-refractivity contribution in [2.45, 2.75) is 51.0 Å². The molecule has 8 heteroatoms. The van der Waals surface area contributed by atoms with Gasteiger partial charge in [-0.2, -0.15) is 0 Å². The molecule has 1 aromatic rings. The highest BCUT2D eigenvalue weighted by molar-refractivity contribution is 6.10. The Labute approximate surface area is 169 Å². The lowest BCUT2D eigenvalue weighted by Crippen LogP contribution is -2.54. The van der Waals surface area contributed by atoms with Crippen LogP contribution in [0.2, 0.25) is 0 Å². The molecule has 0 aromatic heterocycles. The number of nitrogens with one attached hydrogen (secondary N) is 2. The fourth-order valence-corrected chi connectivity index (χ4v) is 4.63. The molecule has 2 saturated heterocycles. The number of urea groups is 1. The van der Waals surface area contributed by atoms with Crippen molar-refractivity contribution in [2.75, 3.05) is 23.3 Å². The van der Waals surface area contributed by atoms with Gasteiger partial charge in [-0.05, 0) is 49.4 Å². The van der Waals surface area contributed by atoms with Gasteiger partial charge in [-0.15, -0.1) is 0 Å². The molecule has 154 valence electrons.